The second-order valence-corrected chi connectivity index (χ2v) is 6.42. The van der Waals surface area contributed by atoms with E-state index in [4.69, 9.17) is 21.1 Å². The van der Waals surface area contributed by atoms with E-state index < -0.39 is 23.4 Å². The maximum Gasteiger partial charge on any atom is 0.254 e. The molecule has 3 rings (SSSR count). The number of amides is 2. The third kappa shape index (κ3) is 4.89. The summed E-state index contributed by atoms with van der Waals surface area (Å²) in [5, 5.41) is 5.36. The molecular formula is C19H17ClF2N2O4. The molecule has 0 fully saturated rings. The van der Waals surface area contributed by atoms with Crippen LogP contribution in [0.4, 0.5) is 8.78 Å². The zero-order chi connectivity index (χ0) is 20.1. The minimum Gasteiger partial charge on any atom is -0.486 e. The molecule has 1 aliphatic rings. The molecule has 9 heteroatoms. The van der Waals surface area contributed by atoms with E-state index in [1.54, 1.807) is 12.1 Å². The number of rotatable bonds is 6. The molecule has 0 radical (unpaired) electrons. The summed E-state index contributed by atoms with van der Waals surface area (Å²) >= 11 is 6.16. The van der Waals surface area contributed by atoms with Crippen LogP contribution < -0.4 is 20.1 Å². The van der Waals surface area contributed by atoms with Crippen LogP contribution in [0.2, 0.25) is 5.02 Å². The minimum atomic E-state index is -0.992. The average molecular weight is 411 g/mol. The zero-order valence-corrected chi connectivity index (χ0v) is 15.4. The van der Waals surface area contributed by atoms with Crippen molar-refractivity contribution in [2.24, 2.45) is 0 Å². The highest BCUT2D eigenvalue weighted by molar-refractivity contribution is 6.32. The van der Waals surface area contributed by atoms with Gasteiger partial charge in [-0.15, -0.1) is 0 Å². The molecule has 0 spiro atoms. The van der Waals surface area contributed by atoms with Crippen molar-refractivity contribution in [3.05, 3.63) is 58.1 Å². The maximum absolute atomic E-state index is 13.5. The van der Waals surface area contributed by atoms with Crippen LogP contribution in [0.25, 0.3) is 0 Å². The Bertz CT molecular complexity index is 908. The highest BCUT2D eigenvalue weighted by Gasteiger charge is 2.17. The van der Waals surface area contributed by atoms with Crippen LogP contribution in [0.1, 0.15) is 15.9 Å². The first kappa shape index (κ1) is 19.9. The Morgan fingerprint density at radius 1 is 1.07 bits per heavy atom. The number of halogens is 3. The smallest absolute Gasteiger partial charge is 0.254 e. The predicted molar refractivity (Wildman–Crippen MR) is 97.8 cm³/mol. The normalized spacial score (nSPS) is 12.4. The molecule has 2 N–H and O–H groups in total. The third-order valence-electron chi connectivity index (χ3n) is 3.98. The van der Waals surface area contributed by atoms with Gasteiger partial charge in [-0.05, 0) is 36.2 Å². The van der Waals surface area contributed by atoms with Crippen molar-refractivity contribution in [1.29, 1.82) is 0 Å². The van der Waals surface area contributed by atoms with E-state index in [1.165, 1.54) is 0 Å². The molecule has 2 amide bonds. The van der Waals surface area contributed by atoms with E-state index in [9.17, 15) is 18.4 Å². The number of carbonyl (C=O) groups excluding carboxylic acids is 2. The fourth-order valence-electron chi connectivity index (χ4n) is 2.65. The first-order chi connectivity index (χ1) is 13.4. The van der Waals surface area contributed by atoms with Gasteiger partial charge in [-0.2, -0.15) is 0 Å². The van der Waals surface area contributed by atoms with E-state index >= 15 is 0 Å². The largest absolute Gasteiger partial charge is 0.486 e. The van der Waals surface area contributed by atoms with Gasteiger partial charge in [0, 0.05) is 12.6 Å². The van der Waals surface area contributed by atoms with Gasteiger partial charge in [-0.1, -0.05) is 11.6 Å². The molecule has 1 heterocycles. The molecular weight excluding hydrogens is 394 g/mol. The van der Waals surface area contributed by atoms with Crippen LogP contribution in [0.5, 0.6) is 11.5 Å². The van der Waals surface area contributed by atoms with Crippen LogP contribution in [0, 0.1) is 11.6 Å². The maximum atomic E-state index is 13.5. The van der Waals surface area contributed by atoms with E-state index in [2.05, 4.69) is 10.6 Å². The highest BCUT2D eigenvalue weighted by Crippen LogP contribution is 2.38. The molecule has 0 saturated carbocycles. The van der Waals surface area contributed by atoms with Gasteiger partial charge in [-0.25, -0.2) is 8.78 Å². The Balaban J connectivity index is 1.46. The zero-order valence-electron chi connectivity index (χ0n) is 14.7. The average Bonchev–Trinajstić information content (AvgIpc) is 2.66. The lowest BCUT2D eigenvalue weighted by atomic mass is 10.1. The number of benzene rings is 2. The van der Waals surface area contributed by atoms with Gasteiger partial charge in [0.15, 0.2) is 11.5 Å². The summed E-state index contributed by atoms with van der Waals surface area (Å²) in [6, 6.07) is 6.12. The summed E-state index contributed by atoms with van der Waals surface area (Å²) in [7, 11) is 0. The summed E-state index contributed by atoms with van der Waals surface area (Å²) in [5.74, 6) is -1.95. The Morgan fingerprint density at radius 3 is 2.64 bits per heavy atom. The van der Waals surface area contributed by atoms with Gasteiger partial charge in [0.2, 0.25) is 5.91 Å². The third-order valence-corrected chi connectivity index (χ3v) is 4.26. The van der Waals surface area contributed by atoms with Crippen molar-refractivity contribution in [2.45, 2.75) is 6.42 Å². The van der Waals surface area contributed by atoms with Crippen molar-refractivity contribution < 1.29 is 27.8 Å². The molecule has 2 aromatic rings. The number of carbonyl (C=O) groups is 2. The topological polar surface area (TPSA) is 76.7 Å². The lowest BCUT2D eigenvalue weighted by molar-refractivity contribution is -0.120. The van der Waals surface area contributed by atoms with Gasteiger partial charge in [0.1, 0.15) is 24.8 Å². The summed E-state index contributed by atoms with van der Waals surface area (Å²) in [6.45, 7) is 0.848. The second-order valence-electron chi connectivity index (χ2n) is 6.01. The Kier molecular flexibility index (Phi) is 6.30. The highest BCUT2D eigenvalue weighted by atomic mass is 35.5. The predicted octanol–water partition coefficient (Wildman–Crippen LogP) is 2.48. The van der Waals surface area contributed by atoms with E-state index in [-0.39, 0.29) is 12.1 Å². The molecule has 148 valence electrons. The molecule has 0 atom stereocenters. The summed E-state index contributed by atoms with van der Waals surface area (Å²) in [4.78, 5) is 23.7. The quantitative estimate of drug-likeness (QED) is 0.767. The molecule has 0 saturated heterocycles. The molecule has 1 aliphatic heterocycles. The fourth-order valence-corrected chi connectivity index (χ4v) is 2.93. The molecule has 0 bridgehead atoms. The number of nitrogens with one attached hydrogen (secondary N) is 2. The van der Waals surface area contributed by atoms with Crippen LogP contribution in [0.3, 0.4) is 0 Å². The second kappa shape index (κ2) is 8.88. The van der Waals surface area contributed by atoms with Crippen molar-refractivity contribution >= 4 is 23.4 Å². The van der Waals surface area contributed by atoms with Crippen LogP contribution in [-0.4, -0.2) is 38.1 Å². The molecule has 6 nitrogen and oxygen atoms in total. The van der Waals surface area contributed by atoms with E-state index in [1.807, 2.05) is 0 Å². The van der Waals surface area contributed by atoms with Gasteiger partial charge >= 0.3 is 0 Å². The van der Waals surface area contributed by atoms with Gasteiger partial charge in [-0.3, -0.25) is 9.59 Å². The Labute approximate surface area is 164 Å². The van der Waals surface area contributed by atoms with E-state index in [0.29, 0.717) is 48.8 Å². The van der Waals surface area contributed by atoms with Gasteiger partial charge in [0.05, 0.1) is 17.1 Å². The lowest BCUT2D eigenvalue weighted by Crippen LogP contribution is -2.38. The van der Waals surface area contributed by atoms with Crippen LogP contribution >= 0.6 is 11.6 Å². The summed E-state index contributed by atoms with van der Waals surface area (Å²) < 4.78 is 37.3. The van der Waals surface area contributed by atoms with Crippen molar-refractivity contribution in [1.82, 2.24) is 10.6 Å². The standard InChI is InChI=1S/C19H17ClF2N2O4/c20-14-7-11(8-16-18(14)28-6-5-27-16)3-4-23-17(25)10-24-19(26)13-2-1-12(21)9-15(13)22/h1-2,7-9H,3-6,10H2,(H,23,25)(H,24,26). The lowest BCUT2D eigenvalue weighted by Gasteiger charge is -2.20. The monoisotopic (exact) mass is 410 g/mol. The number of hydrogen-bond acceptors (Lipinski definition) is 4. The van der Waals surface area contributed by atoms with Gasteiger partial charge < -0.3 is 20.1 Å². The fraction of sp³-hybridized carbons (Fsp3) is 0.263. The van der Waals surface area contributed by atoms with E-state index in [0.717, 1.165) is 17.7 Å². The van der Waals surface area contributed by atoms with Crippen LogP contribution in [0.15, 0.2) is 30.3 Å². The van der Waals surface area contributed by atoms with Gasteiger partial charge in [0.25, 0.3) is 5.91 Å². The molecule has 0 aromatic heterocycles. The first-order valence-corrected chi connectivity index (χ1v) is 8.90. The molecule has 0 unspecified atom stereocenters. The Hall–Kier alpha value is -2.87. The number of hydrogen-bond donors (Lipinski definition) is 2. The molecule has 2 aromatic carbocycles. The van der Waals surface area contributed by atoms with Crippen molar-refractivity contribution in [3.8, 4) is 11.5 Å². The first-order valence-electron chi connectivity index (χ1n) is 8.52. The number of fused-ring (bicyclic) bond motifs is 1. The number of ether oxygens (including phenoxy) is 2. The molecule has 28 heavy (non-hydrogen) atoms. The van der Waals surface area contributed by atoms with Crippen molar-refractivity contribution in [3.63, 3.8) is 0 Å². The minimum absolute atomic E-state index is 0.301. The summed E-state index contributed by atoms with van der Waals surface area (Å²) in [5.41, 5.74) is 0.520. The SMILES string of the molecule is O=C(CNC(=O)c1ccc(F)cc1F)NCCc1cc(Cl)c2c(c1)OCCO2. The molecule has 0 aliphatic carbocycles. The Morgan fingerprint density at radius 2 is 1.86 bits per heavy atom. The van der Waals surface area contributed by atoms with Crippen molar-refractivity contribution in [2.75, 3.05) is 26.3 Å². The summed E-state index contributed by atoms with van der Waals surface area (Å²) in [6.07, 6.45) is 0.489. The van der Waals surface area contributed by atoms with Crippen LogP contribution in [-0.2, 0) is 11.2 Å².